The first kappa shape index (κ1) is 14.2. The summed E-state index contributed by atoms with van der Waals surface area (Å²) < 4.78 is 0. The smallest absolute Gasteiger partial charge is 0.162 e. The van der Waals surface area contributed by atoms with Crippen molar-refractivity contribution in [2.75, 3.05) is 26.2 Å². The summed E-state index contributed by atoms with van der Waals surface area (Å²) in [4.78, 5) is 2.29. The first-order valence-electron chi connectivity index (χ1n) is 6.86. The minimum atomic E-state index is -0.0383. The van der Waals surface area contributed by atoms with Crippen LogP contribution in [-0.4, -0.2) is 41.3 Å². The average Bonchev–Trinajstić information content (AvgIpc) is 2.34. The molecule has 3 N–H and O–H groups in total. The molecule has 0 aromatic heterocycles. The fraction of sp³-hybridized carbons (Fsp3) is 0.600. The largest absolute Gasteiger partial charge is 0.504 e. The van der Waals surface area contributed by atoms with Gasteiger partial charge in [-0.15, -0.1) is 0 Å². The third kappa shape index (κ3) is 3.39. The van der Waals surface area contributed by atoms with Gasteiger partial charge in [0, 0.05) is 38.3 Å². The second-order valence-corrected chi connectivity index (χ2v) is 6.28. The van der Waals surface area contributed by atoms with Gasteiger partial charge in [-0.3, -0.25) is 4.90 Å². The van der Waals surface area contributed by atoms with Crippen molar-refractivity contribution >= 4 is 0 Å². The lowest BCUT2D eigenvalue weighted by molar-refractivity contribution is 0.229. The Morgan fingerprint density at radius 2 is 1.79 bits per heavy atom. The topological polar surface area (TPSA) is 55.7 Å². The number of benzene rings is 1. The van der Waals surface area contributed by atoms with Gasteiger partial charge in [-0.25, -0.2) is 0 Å². The molecular formula is C15H24N2O2. The standard InChI is InChI=1S/C15H24N2O2/c1-15(2,3)12-8-11(14(19)13(18)9-12)10-17-6-4-16-5-7-17/h8-9,16,18-19H,4-7,10H2,1-3H3. The summed E-state index contributed by atoms with van der Waals surface area (Å²) in [7, 11) is 0. The second-order valence-electron chi connectivity index (χ2n) is 6.28. The maximum absolute atomic E-state index is 10.0. The van der Waals surface area contributed by atoms with E-state index in [0.29, 0.717) is 6.54 Å². The van der Waals surface area contributed by atoms with E-state index in [0.717, 1.165) is 37.3 Å². The number of piperazine rings is 1. The van der Waals surface area contributed by atoms with Gasteiger partial charge in [0.05, 0.1) is 0 Å². The predicted molar refractivity (Wildman–Crippen MR) is 76.6 cm³/mol. The summed E-state index contributed by atoms with van der Waals surface area (Å²) in [5.41, 5.74) is 1.82. The van der Waals surface area contributed by atoms with Crippen LogP contribution in [-0.2, 0) is 12.0 Å². The van der Waals surface area contributed by atoms with Crippen molar-refractivity contribution in [2.45, 2.75) is 32.7 Å². The second kappa shape index (κ2) is 5.39. The fourth-order valence-electron chi connectivity index (χ4n) is 2.34. The zero-order chi connectivity index (χ0) is 14.0. The number of nitrogens with one attached hydrogen (secondary N) is 1. The molecule has 1 fully saturated rings. The van der Waals surface area contributed by atoms with Gasteiger partial charge in [-0.1, -0.05) is 26.8 Å². The Hall–Kier alpha value is -1.26. The van der Waals surface area contributed by atoms with Gasteiger partial charge in [-0.2, -0.15) is 0 Å². The Bertz CT molecular complexity index is 446. The molecule has 0 radical (unpaired) electrons. The maximum Gasteiger partial charge on any atom is 0.162 e. The monoisotopic (exact) mass is 264 g/mol. The highest BCUT2D eigenvalue weighted by Gasteiger charge is 2.20. The Kier molecular flexibility index (Phi) is 4.02. The molecule has 2 rings (SSSR count). The van der Waals surface area contributed by atoms with Gasteiger partial charge >= 0.3 is 0 Å². The van der Waals surface area contributed by atoms with Gasteiger partial charge in [0.2, 0.25) is 0 Å². The van der Waals surface area contributed by atoms with Crippen molar-refractivity contribution in [1.29, 1.82) is 0 Å². The first-order chi connectivity index (χ1) is 8.88. The molecule has 0 spiro atoms. The molecule has 0 unspecified atom stereocenters. The molecule has 1 aromatic rings. The SMILES string of the molecule is CC(C)(C)c1cc(O)c(O)c(CN2CCNCC2)c1. The average molecular weight is 264 g/mol. The minimum Gasteiger partial charge on any atom is -0.504 e. The van der Waals surface area contributed by atoms with E-state index >= 15 is 0 Å². The molecule has 1 aliphatic heterocycles. The van der Waals surface area contributed by atoms with Crippen LogP contribution >= 0.6 is 0 Å². The maximum atomic E-state index is 10.0. The van der Waals surface area contributed by atoms with Crippen LogP contribution in [0, 0.1) is 0 Å². The van der Waals surface area contributed by atoms with Crippen molar-refractivity contribution < 1.29 is 10.2 Å². The zero-order valence-corrected chi connectivity index (χ0v) is 12.0. The lowest BCUT2D eigenvalue weighted by Gasteiger charge is -2.28. The van der Waals surface area contributed by atoms with E-state index in [4.69, 9.17) is 0 Å². The molecule has 4 heteroatoms. The van der Waals surface area contributed by atoms with Gasteiger partial charge in [-0.05, 0) is 17.0 Å². The predicted octanol–water partition coefficient (Wildman–Crippen LogP) is 1.80. The number of aromatic hydroxyl groups is 2. The normalized spacial score (nSPS) is 17.6. The van der Waals surface area contributed by atoms with Gasteiger partial charge in [0.15, 0.2) is 11.5 Å². The summed E-state index contributed by atoms with van der Waals surface area (Å²) in [5.74, 6) is 0.00379. The third-order valence-corrected chi connectivity index (χ3v) is 3.64. The summed E-state index contributed by atoms with van der Waals surface area (Å²) in [5, 5.41) is 23.2. The van der Waals surface area contributed by atoms with Gasteiger partial charge in [0.1, 0.15) is 0 Å². The Labute approximate surface area is 115 Å². The van der Waals surface area contributed by atoms with Crippen molar-refractivity contribution in [3.63, 3.8) is 0 Å². The number of hydrogen-bond donors (Lipinski definition) is 3. The van der Waals surface area contributed by atoms with Gasteiger partial charge in [0.25, 0.3) is 0 Å². The van der Waals surface area contributed by atoms with Crippen LogP contribution in [0.1, 0.15) is 31.9 Å². The van der Waals surface area contributed by atoms with Crippen molar-refractivity contribution in [3.05, 3.63) is 23.3 Å². The summed E-state index contributed by atoms with van der Waals surface area (Å²) in [6.07, 6.45) is 0. The van der Waals surface area contributed by atoms with E-state index in [9.17, 15) is 10.2 Å². The van der Waals surface area contributed by atoms with Crippen LogP contribution in [0.4, 0.5) is 0 Å². The number of rotatable bonds is 2. The van der Waals surface area contributed by atoms with Crippen LogP contribution in [0.5, 0.6) is 11.5 Å². The molecule has 1 heterocycles. The molecule has 0 aliphatic carbocycles. The lowest BCUT2D eigenvalue weighted by atomic mass is 9.85. The fourth-order valence-corrected chi connectivity index (χ4v) is 2.34. The van der Waals surface area contributed by atoms with E-state index < -0.39 is 0 Å². The molecule has 1 saturated heterocycles. The molecule has 0 amide bonds. The van der Waals surface area contributed by atoms with E-state index in [1.807, 2.05) is 6.07 Å². The Morgan fingerprint density at radius 1 is 1.16 bits per heavy atom. The highest BCUT2D eigenvalue weighted by atomic mass is 16.3. The van der Waals surface area contributed by atoms with E-state index in [-0.39, 0.29) is 16.9 Å². The van der Waals surface area contributed by atoms with Crippen LogP contribution in [0.2, 0.25) is 0 Å². The van der Waals surface area contributed by atoms with E-state index in [2.05, 4.69) is 31.0 Å². The van der Waals surface area contributed by atoms with Crippen LogP contribution in [0.15, 0.2) is 12.1 Å². The molecule has 1 aliphatic rings. The van der Waals surface area contributed by atoms with E-state index in [1.165, 1.54) is 0 Å². The minimum absolute atomic E-state index is 0.0161. The highest BCUT2D eigenvalue weighted by Crippen LogP contribution is 2.35. The number of phenols is 2. The lowest BCUT2D eigenvalue weighted by Crippen LogP contribution is -2.42. The number of nitrogens with zero attached hydrogens (tertiary/aromatic N) is 1. The number of hydrogen-bond acceptors (Lipinski definition) is 4. The van der Waals surface area contributed by atoms with Crippen molar-refractivity contribution in [3.8, 4) is 11.5 Å². The van der Waals surface area contributed by atoms with Crippen molar-refractivity contribution in [2.24, 2.45) is 0 Å². The molecule has 1 aromatic carbocycles. The highest BCUT2D eigenvalue weighted by molar-refractivity contribution is 5.49. The summed E-state index contributed by atoms with van der Waals surface area (Å²) in [6.45, 7) is 10.9. The molecule has 19 heavy (non-hydrogen) atoms. The molecule has 0 atom stereocenters. The van der Waals surface area contributed by atoms with Crippen LogP contribution in [0.25, 0.3) is 0 Å². The Morgan fingerprint density at radius 3 is 2.37 bits per heavy atom. The summed E-state index contributed by atoms with van der Waals surface area (Å²) in [6, 6.07) is 3.67. The molecule has 4 nitrogen and oxygen atoms in total. The zero-order valence-electron chi connectivity index (χ0n) is 12.0. The third-order valence-electron chi connectivity index (χ3n) is 3.64. The molecule has 0 saturated carbocycles. The Balaban J connectivity index is 2.25. The molecule has 0 bridgehead atoms. The van der Waals surface area contributed by atoms with Crippen LogP contribution in [0.3, 0.4) is 0 Å². The molecule has 106 valence electrons. The summed E-state index contributed by atoms with van der Waals surface area (Å²) >= 11 is 0. The van der Waals surface area contributed by atoms with E-state index in [1.54, 1.807) is 6.07 Å². The van der Waals surface area contributed by atoms with Crippen LogP contribution < -0.4 is 5.32 Å². The van der Waals surface area contributed by atoms with Gasteiger partial charge < -0.3 is 15.5 Å². The number of phenolic OH excluding ortho intramolecular Hbond substituents is 2. The first-order valence-corrected chi connectivity index (χ1v) is 6.86. The molecular weight excluding hydrogens is 240 g/mol. The quantitative estimate of drug-likeness (QED) is 0.713. The van der Waals surface area contributed by atoms with Crippen molar-refractivity contribution in [1.82, 2.24) is 10.2 Å².